The van der Waals surface area contributed by atoms with Crippen LogP contribution in [0.4, 0.5) is 0 Å². The van der Waals surface area contributed by atoms with E-state index in [-0.39, 0.29) is 5.92 Å². The Hall–Kier alpha value is -1.77. The molecule has 94 valence electrons. The van der Waals surface area contributed by atoms with E-state index in [1.54, 1.807) is 0 Å². The largest absolute Gasteiger partial charge is 0.479 e. The molecule has 3 heteroatoms. The molecule has 0 saturated heterocycles. The van der Waals surface area contributed by atoms with Gasteiger partial charge in [0, 0.05) is 11.2 Å². The van der Waals surface area contributed by atoms with Crippen LogP contribution in [0.2, 0.25) is 0 Å². The van der Waals surface area contributed by atoms with E-state index in [4.69, 9.17) is 0 Å². The molecule has 0 aliphatic heterocycles. The third kappa shape index (κ3) is 1.40. The molecule has 1 aliphatic carbocycles. The van der Waals surface area contributed by atoms with Crippen LogP contribution in [-0.2, 0) is 10.3 Å². The molecule has 0 amide bonds. The first-order valence-electron chi connectivity index (χ1n) is 6.36. The van der Waals surface area contributed by atoms with Gasteiger partial charge in [-0.3, -0.25) is 0 Å². The highest BCUT2D eigenvalue weighted by atomic mass is 16.4. The number of fused-ring (bicyclic) bond motifs is 1. The normalized spacial score (nSPS) is 18.8. The Morgan fingerprint density at radius 1 is 1.39 bits per heavy atom. The molecule has 18 heavy (non-hydrogen) atoms. The number of carboxylic acid groups (broad SMARTS) is 1. The van der Waals surface area contributed by atoms with Crippen molar-refractivity contribution >= 4 is 16.9 Å². The molecule has 1 aromatic carbocycles. The van der Waals surface area contributed by atoms with E-state index in [9.17, 15) is 9.90 Å². The predicted octanol–water partition coefficient (Wildman–Crippen LogP) is 3.16. The van der Waals surface area contributed by atoms with Gasteiger partial charge in [0.05, 0.1) is 0 Å². The molecule has 1 fully saturated rings. The van der Waals surface area contributed by atoms with Gasteiger partial charge in [-0.05, 0) is 50.1 Å². The molecular formula is C15H17NO2. The fourth-order valence-electron chi connectivity index (χ4n) is 3.01. The van der Waals surface area contributed by atoms with Crippen molar-refractivity contribution in [1.82, 2.24) is 4.57 Å². The number of hydrogen-bond acceptors (Lipinski definition) is 1. The van der Waals surface area contributed by atoms with Gasteiger partial charge in [-0.2, -0.15) is 0 Å². The Balaban J connectivity index is 2.29. The third-order valence-corrected chi connectivity index (χ3v) is 4.16. The fraction of sp³-hybridized carbons (Fsp3) is 0.400. The van der Waals surface area contributed by atoms with Crippen molar-refractivity contribution in [2.45, 2.75) is 32.2 Å². The van der Waals surface area contributed by atoms with Gasteiger partial charge in [0.2, 0.25) is 0 Å². The van der Waals surface area contributed by atoms with Crippen LogP contribution in [0.3, 0.4) is 0 Å². The number of aliphatic carboxylic acids is 1. The van der Waals surface area contributed by atoms with E-state index in [2.05, 4.69) is 6.07 Å². The van der Waals surface area contributed by atoms with Crippen molar-refractivity contribution in [3.8, 4) is 0 Å². The number of aryl methyl sites for hydroxylation is 1. The second kappa shape index (κ2) is 3.61. The Bertz CT molecular complexity index is 624. The number of carboxylic acids is 1. The van der Waals surface area contributed by atoms with Crippen LogP contribution < -0.4 is 0 Å². The van der Waals surface area contributed by atoms with Gasteiger partial charge in [-0.1, -0.05) is 18.2 Å². The van der Waals surface area contributed by atoms with Gasteiger partial charge in [0.25, 0.3) is 0 Å². The molecule has 1 atom stereocenters. The average molecular weight is 243 g/mol. The van der Waals surface area contributed by atoms with Crippen LogP contribution in [0.5, 0.6) is 0 Å². The van der Waals surface area contributed by atoms with Gasteiger partial charge in [-0.15, -0.1) is 0 Å². The van der Waals surface area contributed by atoms with Crippen molar-refractivity contribution in [1.29, 1.82) is 0 Å². The summed E-state index contributed by atoms with van der Waals surface area (Å²) in [6, 6.07) is 10.1. The SMILES string of the molecule is Cc1cc2ccccc2n1C(C)(C(=O)O)C1CC1. The zero-order valence-electron chi connectivity index (χ0n) is 10.7. The molecule has 2 aromatic rings. The minimum Gasteiger partial charge on any atom is -0.479 e. The molecule has 1 aliphatic rings. The maximum atomic E-state index is 11.8. The van der Waals surface area contributed by atoms with Crippen LogP contribution in [-0.4, -0.2) is 15.6 Å². The maximum Gasteiger partial charge on any atom is 0.329 e. The molecule has 3 rings (SSSR count). The molecule has 0 bridgehead atoms. The van der Waals surface area contributed by atoms with E-state index >= 15 is 0 Å². The Morgan fingerprint density at radius 3 is 2.67 bits per heavy atom. The first-order chi connectivity index (χ1) is 8.55. The zero-order valence-corrected chi connectivity index (χ0v) is 10.7. The number of rotatable bonds is 3. The first-order valence-corrected chi connectivity index (χ1v) is 6.36. The molecule has 1 saturated carbocycles. The van der Waals surface area contributed by atoms with Gasteiger partial charge in [0.15, 0.2) is 0 Å². The summed E-state index contributed by atoms with van der Waals surface area (Å²) < 4.78 is 2.00. The third-order valence-electron chi connectivity index (χ3n) is 4.16. The number of aromatic nitrogens is 1. The van der Waals surface area contributed by atoms with Crippen LogP contribution in [0.15, 0.2) is 30.3 Å². The van der Waals surface area contributed by atoms with Gasteiger partial charge in [-0.25, -0.2) is 4.79 Å². The smallest absolute Gasteiger partial charge is 0.329 e. The molecule has 1 unspecified atom stereocenters. The van der Waals surface area contributed by atoms with Gasteiger partial charge >= 0.3 is 5.97 Å². The molecule has 0 spiro atoms. The van der Waals surface area contributed by atoms with E-state index in [1.165, 1.54) is 0 Å². The summed E-state index contributed by atoms with van der Waals surface area (Å²) in [7, 11) is 0. The van der Waals surface area contributed by atoms with Crippen LogP contribution in [0.1, 0.15) is 25.5 Å². The molecule has 1 aromatic heterocycles. The number of carbonyl (C=O) groups is 1. The van der Waals surface area contributed by atoms with E-state index in [0.717, 1.165) is 29.4 Å². The topological polar surface area (TPSA) is 42.2 Å². The Kier molecular flexibility index (Phi) is 2.27. The Labute approximate surface area is 106 Å². The van der Waals surface area contributed by atoms with Crippen LogP contribution in [0.25, 0.3) is 10.9 Å². The summed E-state index contributed by atoms with van der Waals surface area (Å²) in [5.41, 5.74) is 1.23. The van der Waals surface area contributed by atoms with Crippen LogP contribution >= 0.6 is 0 Å². The summed E-state index contributed by atoms with van der Waals surface area (Å²) in [4.78, 5) is 11.8. The van der Waals surface area contributed by atoms with Gasteiger partial charge in [0.1, 0.15) is 5.54 Å². The summed E-state index contributed by atoms with van der Waals surface area (Å²) in [6.45, 7) is 3.84. The van der Waals surface area contributed by atoms with Crippen molar-refractivity contribution in [2.75, 3.05) is 0 Å². The van der Waals surface area contributed by atoms with Crippen molar-refractivity contribution in [2.24, 2.45) is 5.92 Å². The minimum absolute atomic E-state index is 0.254. The van der Waals surface area contributed by atoms with Crippen molar-refractivity contribution < 1.29 is 9.90 Å². The monoisotopic (exact) mass is 243 g/mol. The quantitative estimate of drug-likeness (QED) is 0.899. The van der Waals surface area contributed by atoms with Crippen molar-refractivity contribution in [3.05, 3.63) is 36.0 Å². The summed E-state index contributed by atoms with van der Waals surface area (Å²) in [5.74, 6) is -0.473. The summed E-state index contributed by atoms with van der Waals surface area (Å²) in [6.07, 6.45) is 2.02. The number of hydrogen-bond donors (Lipinski definition) is 1. The molecule has 0 radical (unpaired) electrons. The lowest BCUT2D eigenvalue weighted by molar-refractivity contribution is -0.147. The maximum absolute atomic E-state index is 11.8. The molecule has 3 nitrogen and oxygen atoms in total. The first kappa shape index (κ1) is 11.3. The highest BCUT2D eigenvalue weighted by Crippen LogP contribution is 2.46. The summed E-state index contributed by atoms with van der Waals surface area (Å²) >= 11 is 0. The standard InChI is InChI=1S/C15H17NO2/c1-10-9-11-5-3-4-6-13(11)16(10)15(2,14(17)18)12-7-8-12/h3-6,9,12H,7-8H2,1-2H3,(H,17,18). The fourth-order valence-corrected chi connectivity index (χ4v) is 3.01. The highest BCUT2D eigenvalue weighted by molar-refractivity contribution is 5.86. The lowest BCUT2D eigenvalue weighted by atomic mass is 9.95. The lowest BCUT2D eigenvalue weighted by Gasteiger charge is -2.29. The number of benzene rings is 1. The lowest BCUT2D eigenvalue weighted by Crippen LogP contribution is -2.41. The average Bonchev–Trinajstić information content (AvgIpc) is 3.11. The van der Waals surface area contributed by atoms with E-state index in [1.807, 2.05) is 42.7 Å². The minimum atomic E-state index is -0.812. The van der Waals surface area contributed by atoms with E-state index < -0.39 is 11.5 Å². The Morgan fingerprint density at radius 2 is 2.06 bits per heavy atom. The number of para-hydroxylation sites is 1. The number of nitrogens with zero attached hydrogens (tertiary/aromatic N) is 1. The zero-order chi connectivity index (χ0) is 12.9. The molecular weight excluding hydrogens is 226 g/mol. The second-order valence-corrected chi connectivity index (χ2v) is 5.41. The van der Waals surface area contributed by atoms with Gasteiger partial charge < -0.3 is 9.67 Å². The predicted molar refractivity (Wildman–Crippen MR) is 70.7 cm³/mol. The highest BCUT2D eigenvalue weighted by Gasteiger charge is 2.49. The van der Waals surface area contributed by atoms with E-state index in [0.29, 0.717) is 0 Å². The molecule has 1 N–H and O–H groups in total. The van der Waals surface area contributed by atoms with Crippen molar-refractivity contribution in [3.63, 3.8) is 0 Å². The summed E-state index contributed by atoms with van der Waals surface area (Å²) in [5, 5.41) is 10.8. The molecule has 1 heterocycles. The second-order valence-electron chi connectivity index (χ2n) is 5.41. The van der Waals surface area contributed by atoms with Crippen LogP contribution in [0, 0.1) is 12.8 Å².